The molecule has 0 bridgehead atoms. The number of fused-ring (bicyclic) bond motifs is 1. The van der Waals surface area contributed by atoms with Crippen molar-refractivity contribution in [2.75, 3.05) is 0 Å². The molecule has 1 aliphatic rings. The van der Waals surface area contributed by atoms with Crippen molar-refractivity contribution in [1.82, 2.24) is 9.78 Å². The second-order valence-electron chi connectivity index (χ2n) is 6.13. The van der Waals surface area contributed by atoms with Crippen LogP contribution in [0.1, 0.15) is 47.3 Å². The molecule has 5 heteroatoms. The highest BCUT2D eigenvalue weighted by atomic mass is 35.5. The minimum Gasteiger partial charge on any atom is -0.267 e. The molecule has 0 radical (unpaired) electrons. The molecule has 0 N–H and O–H groups in total. The Kier molecular flexibility index (Phi) is 3.65. The summed E-state index contributed by atoms with van der Waals surface area (Å²) in [4.78, 5) is 13.2. The number of aryl methyl sites for hydroxylation is 1. The number of halogens is 2. The molecule has 1 heterocycles. The van der Waals surface area contributed by atoms with Crippen LogP contribution in [0.4, 0.5) is 4.39 Å². The summed E-state index contributed by atoms with van der Waals surface area (Å²) >= 11 is 6.33. The van der Waals surface area contributed by atoms with Crippen LogP contribution >= 0.6 is 11.6 Å². The van der Waals surface area contributed by atoms with Crippen molar-refractivity contribution in [3.8, 4) is 0 Å². The SMILES string of the molecule is CCc1nn(C(=O)c2c(Cl)cccc2C2CC2)c2cccc(F)c12. The van der Waals surface area contributed by atoms with Crippen LogP contribution in [0.15, 0.2) is 36.4 Å². The molecule has 0 aliphatic heterocycles. The van der Waals surface area contributed by atoms with E-state index in [1.165, 1.54) is 10.7 Å². The number of aromatic nitrogens is 2. The fraction of sp³-hybridized carbons (Fsp3) is 0.263. The van der Waals surface area contributed by atoms with Gasteiger partial charge in [-0.15, -0.1) is 0 Å². The predicted octanol–water partition coefficient (Wildman–Crippen LogP) is 4.96. The van der Waals surface area contributed by atoms with E-state index in [-0.39, 0.29) is 11.7 Å². The smallest absolute Gasteiger partial charge is 0.267 e. The van der Waals surface area contributed by atoms with Gasteiger partial charge in [0.25, 0.3) is 5.91 Å². The summed E-state index contributed by atoms with van der Waals surface area (Å²) in [6.45, 7) is 1.90. The van der Waals surface area contributed by atoms with Crippen molar-refractivity contribution >= 4 is 28.4 Å². The number of carbonyl (C=O) groups excluding carboxylic acids is 1. The average molecular weight is 343 g/mol. The summed E-state index contributed by atoms with van der Waals surface area (Å²) < 4.78 is 15.5. The molecule has 3 aromatic rings. The summed E-state index contributed by atoms with van der Waals surface area (Å²) in [6.07, 6.45) is 2.68. The molecule has 0 saturated heterocycles. The maximum Gasteiger partial charge on any atom is 0.280 e. The Hall–Kier alpha value is -2.20. The second kappa shape index (κ2) is 5.71. The van der Waals surface area contributed by atoms with Crippen molar-refractivity contribution in [2.24, 2.45) is 0 Å². The molecule has 0 unspecified atom stereocenters. The molecule has 3 nitrogen and oxygen atoms in total. The number of hydrogen-bond acceptors (Lipinski definition) is 2. The minimum absolute atomic E-state index is 0.294. The summed E-state index contributed by atoms with van der Waals surface area (Å²) in [7, 11) is 0. The fourth-order valence-corrected chi connectivity index (χ4v) is 3.47. The van der Waals surface area contributed by atoms with E-state index in [0.717, 1.165) is 18.4 Å². The maximum atomic E-state index is 14.2. The van der Waals surface area contributed by atoms with E-state index >= 15 is 0 Å². The number of rotatable bonds is 3. The van der Waals surface area contributed by atoms with E-state index in [9.17, 15) is 9.18 Å². The third-order valence-electron chi connectivity index (χ3n) is 4.53. The van der Waals surface area contributed by atoms with Gasteiger partial charge >= 0.3 is 0 Å². The normalized spacial score (nSPS) is 14.3. The molecule has 4 rings (SSSR count). The molecule has 122 valence electrons. The standard InChI is InChI=1S/C19H16ClFN2O/c1-2-15-18-14(21)7-4-8-16(18)23(22-15)19(24)17-12(11-9-10-11)5-3-6-13(17)20/h3-8,11H,2,9-10H2,1H3. The first-order chi connectivity index (χ1) is 11.6. The van der Waals surface area contributed by atoms with Gasteiger partial charge in [0.15, 0.2) is 0 Å². The number of benzene rings is 2. The van der Waals surface area contributed by atoms with E-state index < -0.39 is 0 Å². The third kappa shape index (κ3) is 2.33. The number of nitrogens with zero attached hydrogens (tertiary/aromatic N) is 2. The molecule has 1 aromatic heterocycles. The lowest BCUT2D eigenvalue weighted by Crippen LogP contribution is -2.16. The van der Waals surface area contributed by atoms with Crippen LogP contribution in [-0.4, -0.2) is 15.7 Å². The minimum atomic E-state index is -0.357. The van der Waals surface area contributed by atoms with Crippen molar-refractivity contribution in [3.63, 3.8) is 0 Å². The molecular formula is C19H16ClFN2O. The molecule has 2 aromatic carbocycles. The van der Waals surface area contributed by atoms with Crippen LogP contribution in [0, 0.1) is 5.82 Å². The summed E-state index contributed by atoms with van der Waals surface area (Å²) in [5, 5.41) is 5.20. The Balaban J connectivity index is 1.93. The van der Waals surface area contributed by atoms with E-state index in [0.29, 0.717) is 39.5 Å². The second-order valence-corrected chi connectivity index (χ2v) is 6.54. The van der Waals surface area contributed by atoms with E-state index in [2.05, 4.69) is 5.10 Å². The van der Waals surface area contributed by atoms with Gasteiger partial charge in [0, 0.05) is 0 Å². The third-order valence-corrected chi connectivity index (χ3v) is 4.85. The van der Waals surface area contributed by atoms with E-state index in [1.807, 2.05) is 19.1 Å². The first-order valence-electron chi connectivity index (χ1n) is 8.11. The monoisotopic (exact) mass is 342 g/mol. The van der Waals surface area contributed by atoms with Crippen molar-refractivity contribution in [1.29, 1.82) is 0 Å². The van der Waals surface area contributed by atoms with Crippen molar-refractivity contribution < 1.29 is 9.18 Å². The zero-order valence-corrected chi connectivity index (χ0v) is 14.0. The van der Waals surface area contributed by atoms with Gasteiger partial charge < -0.3 is 0 Å². The van der Waals surface area contributed by atoms with Gasteiger partial charge in [-0.05, 0) is 48.9 Å². The Labute approximate surface area is 144 Å². The predicted molar refractivity (Wildman–Crippen MR) is 92.2 cm³/mol. The molecule has 0 spiro atoms. The first-order valence-corrected chi connectivity index (χ1v) is 8.48. The van der Waals surface area contributed by atoms with Crippen LogP contribution in [-0.2, 0) is 6.42 Å². The van der Waals surface area contributed by atoms with Crippen LogP contribution in [0.5, 0.6) is 0 Å². The lowest BCUT2D eigenvalue weighted by Gasteiger charge is -2.10. The van der Waals surface area contributed by atoms with Gasteiger partial charge in [0.2, 0.25) is 0 Å². The zero-order chi connectivity index (χ0) is 16.8. The highest BCUT2D eigenvalue weighted by Gasteiger charge is 2.31. The van der Waals surface area contributed by atoms with Gasteiger partial charge in [0.1, 0.15) is 5.82 Å². The largest absolute Gasteiger partial charge is 0.280 e. The topological polar surface area (TPSA) is 34.9 Å². The molecule has 0 amide bonds. The molecule has 1 fully saturated rings. The van der Waals surface area contributed by atoms with Crippen molar-refractivity contribution in [2.45, 2.75) is 32.1 Å². The highest BCUT2D eigenvalue weighted by Crippen LogP contribution is 2.43. The Morgan fingerprint density at radius 2 is 2.04 bits per heavy atom. The number of hydrogen-bond donors (Lipinski definition) is 0. The van der Waals surface area contributed by atoms with Crippen molar-refractivity contribution in [3.05, 3.63) is 64.1 Å². The zero-order valence-electron chi connectivity index (χ0n) is 13.2. The Morgan fingerprint density at radius 3 is 2.75 bits per heavy atom. The summed E-state index contributed by atoms with van der Waals surface area (Å²) in [5.41, 5.74) is 2.51. The van der Waals surface area contributed by atoms with Gasteiger partial charge in [0.05, 0.1) is 27.2 Å². The fourth-order valence-electron chi connectivity index (χ4n) is 3.21. The first kappa shape index (κ1) is 15.3. The van der Waals surface area contributed by atoms with Crippen LogP contribution in [0.3, 0.4) is 0 Å². The summed E-state index contributed by atoms with van der Waals surface area (Å²) in [6, 6.07) is 10.2. The lowest BCUT2D eigenvalue weighted by atomic mass is 10.0. The van der Waals surface area contributed by atoms with E-state index in [1.54, 1.807) is 18.2 Å². The summed E-state index contributed by atoms with van der Waals surface area (Å²) in [5.74, 6) is -0.269. The van der Waals surface area contributed by atoms with Crippen LogP contribution < -0.4 is 0 Å². The molecule has 1 aliphatic carbocycles. The maximum absolute atomic E-state index is 14.2. The average Bonchev–Trinajstić information content (AvgIpc) is 3.35. The van der Waals surface area contributed by atoms with Gasteiger partial charge in [-0.25, -0.2) is 4.39 Å². The van der Waals surface area contributed by atoms with Gasteiger partial charge in [-0.1, -0.05) is 36.7 Å². The quantitative estimate of drug-likeness (QED) is 0.674. The Bertz CT molecular complexity index is 959. The Morgan fingerprint density at radius 1 is 1.29 bits per heavy atom. The lowest BCUT2D eigenvalue weighted by molar-refractivity contribution is 0.0949. The van der Waals surface area contributed by atoms with Crippen LogP contribution in [0.2, 0.25) is 5.02 Å². The molecular weight excluding hydrogens is 327 g/mol. The highest BCUT2D eigenvalue weighted by molar-refractivity contribution is 6.34. The molecule has 24 heavy (non-hydrogen) atoms. The van der Waals surface area contributed by atoms with Crippen LogP contribution in [0.25, 0.3) is 10.9 Å². The van der Waals surface area contributed by atoms with E-state index in [4.69, 9.17) is 11.6 Å². The van der Waals surface area contributed by atoms with Gasteiger partial charge in [-0.3, -0.25) is 4.79 Å². The van der Waals surface area contributed by atoms with Gasteiger partial charge in [-0.2, -0.15) is 9.78 Å². The molecule has 0 atom stereocenters. The molecule has 1 saturated carbocycles. The number of carbonyl (C=O) groups is 1.